The van der Waals surface area contributed by atoms with Gasteiger partial charge < -0.3 is 15.4 Å². The number of rotatable bonds is 12. The SMILES string of the molecule is CCCC(=O)Nc1ccc(CNC(=O)CCCOCCc2ccccc2)cc1. The van der Waals surface area contributed by atoms with Gasteiger partial charge in [-0.25, -0.2) is 0 Å². The first-order valence-electron chi connectivity index (χ1n) is 9.94. The number of benzene rings is 2. The number of hydrogen-bond donors (Lipinski definition) is 2. The van der Waals surface area contributed by atoms with Gasteiger partial charge in [-0.1, -0.05) is 49.4 Å². The number of anilines is 1. The van der Waals surface area contributed by atoms with E-state index in [1.54, 1.807) is 0 Å². The van der Waals surface area contributed by atoms with Crippen LogP contribution in [0.5, 0.6) is 0 Å². The summed E-state index contributed by atoms with van der Waals surface area (Å²) in [6.45, 7) is 3.72. The Morgan fingerprint density at radius 2 is 1.61 bits per heavy atom. The number of ether oxygens (including phenoxy) is 1. The lowest BCUT2D eigenvalue weighted by molar-refractivity contribution is -0.121. The van der Waals surface area contributed by atoms with Crippen molar-refractivity contribution in [2.75, 3.05) is 18.5 Å². The average Bonchev–Trinajstić information content (AvgIpc) is 2.71. The van der Waals surface area contributed by atoms with E-state index < -0.39 is 0 Å². The lowest BCUT2D eigenvalue weighted by atomic mass is 10.2. The molecule has 0 aliphatic carbocycles. The van der Waals surface area contributed by atoms with E-state index in [2.05, 4.69) is 22.8 Å². The van der Waals surface area contributed by atoms with Crippen molar-refractivity contribution in [2.45, 2.75) is 45.6 Å². The Bertz CT molecular complexity index is 714. The van der Waals surface area contributed by atoms with Crippen LogP contribution in [0.15, 0.2) is 54.6 Å². The molecule has 0 atom stereocenters. The maximum absolute atomic E-state index is 11.9. The molecule has 0 fully saturated rings. The summed E-state index contributed by atoms with van der Waals surface area (Å²) in [4.78, 5) is 23.5. The van der Waals surface area contributed by atoms with Gasteiger partial charge >= 0.3 is 0 Å². The highest BCUT2D eigenvalue weighted by Crippen LogP contribution is 2.10. The van der Waals surface area contributed by atoms with Gasteiger partial charge in [-0.2, -0.15) is 0 Å². The fraction of sp³-hybridized carbons (Fsp3) is 0.391. The van der Waals surface area contributed by atoms with Crippen LogP contribution in [0.25, 0.3) is 0 Å². The third kappa shape index (κ3) is 8.82. The fourth-order valence-corrected chi connectivity index (χ4v) is 2.72. The minimum Gasteiger partial charge on any atom is -0.381 e. The quantitative estimate of drug-likeness (QED) is 0.544. The highest BCUT2D eigenvalue weighted by Gasteiger charge is 2.03. The van der Waals surface area contributed by atoms with E-state index in [1.165, 1.54) is 5.56 Å². The maximum Gasteiger partial charge on any atom is 0.224 e. The fourth-order valence-electron chi connectivity index (χ4n) is 2.72. The van der Waals surface area contributed by atoms with Crippen molar-refractivity contribution in [1.82, 2.24) is 5.32 Å². The van der Waals surface area contributed by atoms with Crippen molar-refractivity contribution >= 4 is 17.5 Å². The van der Waals surface area contributed by atoms with Crippen LogP contribution in [0, 0.1) is 0 Å². The molecular weight excluding hydrogens is 352 g/mol. The molecule has 150 valence electrons. The molecule has 5 nitrogen and oxygen atoms in total. The molecule has 0 saturated carbocycles. The van der Waals surface area contributed by atoms with E-state index >= 15 is 0 Å². The van der Waals surface area contributed by atoms with Gasteiger partial charge in [0.15, 0.2) is 0 Å². The van der Waals surface area contributed by atoms with Gasteiger partial charge in [0, 0.05) is 31.7 Å². The van der Waals surface area contributed by atoms with Gasteiger partial charge in [0.2, 0.25) is 11.8 Å². The zero-order valence-electron chi connectivity index (χ0n) is 16.6. The van der Waals surface area contributed by atoms with Gasteiger partial charge in [-0.05, 0) is 42.5 Å². The minimum absolute atomic E-state index is 0.0204. The summed E-state index contributed by atoms with van der Waals surface area (Å²) in [6.07, 6.45) is 3.41. The summed E-state index contributed by atoms with van der Waals surface area (Å²) in [5, 5.41) is 5.76. The van der Waals surface area contributed by atoms with Crippen molar-refractivity contribution in [2.24, 2.45) is 0 Å². The second kappa shape index (κ2) is 12.7. The van der Waals surface area contributed by atoms with Crippen LogP contribution in [0.3, 0.4) is 0 Å². The Labute approximate surface area is 167 Å². The zero-order chi connectivity index (χ0) is 20.0. The zero-order valence-corrected chi connectivity index (χ0v) is 16.6. The molecule has 0 aromatic heterocycles. The summed E-state index contributed by atoms with van der Waals surface area (Å²) in [5.41, 5.74) is 3.04. The van der Waals surface area contributed by atoms with Gasteiger partial charge in [-0.3, -0.25) is 9.59 Å². The van der Waals surface area contributed by atoms with Crippen molar-refractivity contribution in [3.05, 3.63) is 65.7 Å². The van der Waals surface area contributed by atoms with E-state index in [0.717, 1.165) is 24.1 Å². The highest BCUT2D eigenvalue weighted by molar-refractivity contribution is 5.90. The maximum atomic E-state index is 11.9. The molecule has 0 radical (unpaired) electrons. The minimum atomic E-state index is 0.0204. The van der Waals surface area contributed by atoms with Crippen molar-refractivity contribution < 1.29 is 14.3 Å². The third-order valence-corrected chi connectivity index (χ3v) is 4.27. The monoisotopic (exact) mass is 382 g/mol. The van der Waals surface area contributed by atoms with Crippen LogP contribution >= 0.6 is 0 Å². The van der Waals surface area contributed by atoms with Crippen LogP contribution < -0.4 is 10.6 Å². The molecule has 0 spiro atoms. The van der Waals surface area contributed by atoms with E-state index in [1.807, 2.05) is 49.4 Å². The first kappa shape index (κ1) is 21.6. The molecule has 2 rings (SSSR count). The summed E-state index contributed by atoms with van der Waals surface area (Å²) < 4.78 is 5.60. The number of nitrogens with one attached hydrogen (secondary N) is 2. The van der Waals surface area contributed by atoms with Gasteiger partial charge in [0.05, 0.1) is 6.61 Å². The molecule has 2 aromatic rings. The number of hydrogen-bond acceptors (Lipinski definition) is 3. The summed E-state index contributed by atoms with van der Waals surface area (Å²) in [7, 11) is 0. The van der Waals surface area contributed by atoms with E-state index in [9.17, 15) is 9.59 Å². The van der Waals surface area contributed by atoms with Gasteiger partial charge in [0.25, 0.3) is 0 Å². The van der Waals surface area contributed by atoms with Crippen molar-refractivity contribution in [3.8, 4) is 0 Å². The van der Waals surface area contributed by atoms with Gasteiger partial charge in [-0.15, -0.1) is 0 Å². The lowest BCUT2D eigenvalue weighted by Gasteiger charge is -2.08. The van der Waals surface area contributed by atoms with Gasteiger partial charge in [0.1, 0.15) is 0 Å². The van der Waals surface area contributed by atoms with E-state index in [4.69, 9.17) is 4.74 Å². The van der Waals surface area contributed by atoms with Crippen LogP contribution in [0.4, 0.5) is 5.69 Å². The van der Waals surface area contributed by atoms with Crippen molar-refractivity contribution in [1.29, 1.82) is 0 Å². The molecule has 2 aromatic carbocycles. The first-order valence-corrected chi connectivity index (χ1v) is 9.94. The smallest absolute Gasteiger partial charge is 0.224 e. The van der Waals surface area contributed by atoms with Crippen LogP contribution in [-0.4, -0.2) is 25.0 Å². The first-order chi connectivity index (χ1) is 13.7. The van der Waals surface area contributed by atoms with Crippen LogP contribution in [-0.2, 0) is 27.3 Å². The van der Waals surface area contributed by atoms with E-state index in [-0.39, 0.29) is 11.8 Å². The highest BCUT2D eigenvalue weighted by atomic mass is 16.5. The van der Waals surface area contributed by atoms with E-state index in [0.29, 0.717) is 39.0 Å². The molecule has 0 heterocycles. The number of carbonyl (C=O) groups excluding carboxylic acids is 2. The normalized spacial score (nSPS) is 10.5. The molecule has 2 amide bonds. The molecule has 0 aliphatic heterocycles. The second-order valence-electron chi connectivity index (χ2n) is 6.72. The molecular formula is C23H30N2O3. The molecule has 0 bridgehead atoms. The second-order valence-corrected chi connectivity index (χ2v) is 6.72. The van der Waals surface area contributed by atoms with Crippen molar-refractivity contribution in [3.63, 3.8) is 0 Å². The molecule has 0 aliphatic rings. The topological polar surface area (TPSA) is 67.4 Å². The molecule has 5 heteroatoms. The predicted octanol–water partition coefficient (Wildman–Crippen LogP) is 4.08. The summed E-state index contributed by atoms with van der Waals surface area (Å²) in [6, 6.07) is 17.8. The molecule has 0 saturated heterocycles. The Morgan fingerprint density at radius 3 is 2.32 bits per heavy atom. The largest absolute Gasteiger partial charge is 0.381 e. The predicted molar refractivity (Wildman–Crippen MR) is 112 cm³/mol. The molecule has 0 unspecified atom stereocenters. The summed E-state index contributed by atoms with van der Waals surface area (Å²) in [5.74, 6) is 0.0431. The standard InChI is InChI=1S/C23H30N2O3/c1-2-7-23(27)25-21-13-11-20(12-14-21)18-24-22(26)10-6-16-28-17-15-19-8-4-3-5-9-19/h3-5,8-9,11-14H,2,6-7,10,15-18H2,1H3,(H,24,26)(H,25,27). The Kier molecular flexibility index (Phi) is 9.80. The Morgan fingerprint density at radius 1 is 0.857 bits per heavy atom. The number of carbonyl (C=O) groups is 2. The van der Waals surface area contributed by atoms with Crippen LogP contribution in [0.2, 0.25) is 0 Å². The Balaban J connectivity index is 1.55. The van der Waals surface area contributed by atoms with Crippen LogP contribution in [0.1, 0.15) is 43.7 Å². The lowest BCUT2D eigenvalue weighted by Crippen LogP contribution is -2.22. The Hall–Kier alpha value is -2.66. The average molecular weight is 383 g/mol. The molecule has 28 heavy (non-hydrogen) atoms. The number of amides is 2. The summed E-state index contributed by atoms with van der Waals surface area (Å²) >= 11 is 0. The molecule has 2 N–H and O–H groups in total. The third-order valence-electron chi connectivity index (χ3n) is 4.27.